The lowest BCUT2D eigenvalue weighted by Crippen LogP contribution is -2.39. The molecule has 2 aromatic carbocycles. The first-order valence-corrected chi connectivity index (χ1v) is 10.0. The summed E-state index contributed by atoms with van der Waals surface area (Å²) in [4.78, 5) is 15.4. The van der Waals surface area contributed by atoms with Gasteiger partial charge in [0.05, 0.1) is 4.90 Å². The molecule has 0 unspecified atom stereocenters. The Morgan fingerprint density at radius 3 is 1.76 bits per heavy atom. The highest BCUT2D eigenvalue weighted by atomic mass is 32.2. The molecule has 3 rings (SSSR count). The first-order chi connectivity index (χ1) is 13.8. The zero-order chi connectivity index (χ0) is 21.3. The summed E-state index contributed by atoms with van der Waals surface area (Å²) in [5.74, 6) is 0. The molecule has 1 heterocycles. The predicted molar refractivity (Wildman–Crippen MR) is 109 cm³/mol. The number of carbonyl (C=O) groups excluding carboxylic acids is 1. The van der Waals surface area contributed by atoms with Gasteiger partial charge in [0.2, 0.25) is 12.4 Å². The van der Waals surface area contributed by atoms with Crippen LogP contribution in [0, 0.1) is 6.92 Å². The van der Waals surface area contributed by atoms with Gasteiger partial charge < -0.3 is 4.55 Å². The van der Waals surface area contributed by atoms with Crippen molar-refractivity contribution < 1.29 is 27.3 Å². The summed E-state index contributed by atoms with van der Waals surface area (Å²) in [7, 11) is -2.65. The number of pyridine rings is 1. The second-order valence-corrected chi connectivity index (χ2v) is 7.44. The van der Waals surface area contributed by atoms with Crippen molar-refractivity contribution in [2.45, 2.75) is 11.8 Å². The van der Waals surface area contributed by atoms with E-state index < -0.39 is 10.1 Å². The van der Waals surface area contributed by atoms with E-state index in [1.165, 1.54) is 12.1 Å². The largest absolute Gasteiger partial charge is 0.744 e. The Morgan fingerprint density at radius 1 is 0.828 bits per heavy atom. The quantitative estimate of drug-likeness (QED) is 0.366. The van der Waals surface area contributed by atoms with Crippen LogP contribution in [0.4, 0.5) is 0 Å². The van der Waals surface area contributed by atoms with E-state index in [-0.39, 0.29) is 4.90 Å². The van der Waals surface area contributed by atoms with Crippen molar-refractivity contribution in [3.63, 3.8) is 0 Å². The molecule has 0 atom stereocenters. The van der Waals surface area contributed by atoms with Gasteiger partial charge in [-0.1, -0.05) is 54.1 Å². The molecule has 0 aliphatic heterocycles. The number of hydrogen-bond donors (Lipinski definition) is 0. The summed E-state index contributed by atoms with van der Waals surface area (Å²) in [5, 5.41) is 0. The van der Waals surface area contributed by atoms with Crippen LogP contribution in [0.1, 0.15) is 27.0 Å². The average Bonchev–Trinajstić information content (AvgIpc) is 2.73. The number of rotatable bonds is 5. The predicted octanol–water partition coefficient (Wildman–Crippen LogP) is 2.91. The van der Waals surface area contributed by atoms with Crippen molar-refractivity contribution in [2.75, 3.05) is 7.11 Å². The molecule has 150 valence electrons. The van der Waals surface area contributed by atoms with Crippen LogP contribution < -0.4 is 9.57 Å². The van der Waals surface area contributed by atoms with Crippen LogP contribution in [-0.2, 0) is 10.1 Å². The molecule has 0 aliphatic carbocycles. The standard InChI is InChI=1S/C15H14NO2.C7H8O3S/c1-18-16-10-8-14(9-11-16)3-2-13-4-6-15(12-17)7-5-13;1-6-2-4-7(5-3-6)11(8,9)10/h2-12H,1H3;2-5H,1H3,(H,8,9,10)/q+1;/p-1. The molecule has 0 radical (unpaired) electrons. The minimum Gasteiger partial charge on any atom is -0.744 e. The summed E-state index contributed by atoms with van der Waals surface area (Å²) in [6.07, 6.45) is 8.54. The molecule has 0 saturated carbocycles. The molecule has 7 heteroatoms. The minimum atomic E-state index is -4.27. The highest BCUT2D eigenvalue weighted by Crippen LogP contribution is 2.09. The zero-order valence-corrected chi connectivity index (χ0v) is 16.9. The Balaban J connectivity index is 0.000000234. The number of carbonyl (C=O) groups is 1. The highest BCUT2D eigenvalue weighted by molar-refractivity contribution is 7.85. The molecule has 0 fully saturated rings. The Kier molecular flexibility index (Phi) is 7.82. The maximum Gasteiger partial charge on any atom is 0.223 e. The van der Waals surface area contributed by atoms with Crippen molar-refractivity contribution in [3.8, 4) is 0 Å². The lowest BCUT2D eigenvalue weighted by Gasteiger charge is -2.05. The van der Waals surface area contributed by atoms with Crippen LogP contribution in [0.5, 0.6) is 0 Å². The summed E-state index contributed by atoms with van der Waals surface area (Å²) >= 11 is 0. The normalized spacial score (nSPS) is 10.9. The Bertz CT molecular complexity index is 1060. The maximum absolute atomic E-state index is 10.5. The van der Waals surface area contributed by atoms with Gasteiger partial charge >= 0.3 is 0 Å². The second kappa shape index (κ2) is 10.3. The lowest BCUT2D eigenvalue weighted by molar-refractivity contribution is -0.885. The summed E-state index contributed by atoms with van der Waals surface area (Å²) in [5.41, 5.74) is 3.76. The van der Waals surface area contributed by atoms with Crippen LogP contribution in [0.3, 0.4) is 0 Å². The zero-order valence-electron chi connectivity index (χ0n) is 16.1. The van der Waals surface area contributed by atoms with Gasteiger partial charge in [-0.2, -0.15) is 0 Å². The highest BCUT2D eigenvalue weighted by Gasteiger charge is 1.98. The molecule has 0 amide bonds. The number of hydrogen-bond acceptors (Lipinski definition) is 5. The molecule has 0 spiro atoms. The first-order valence-electron chi connectivity index (χ1n) is 8.63. The van der Waals surface area contributed by atoms with Crippen molar-refractivity contribution in [1.82, 2.24) is 0 Å². The number of aryl methyl sites for hydroxylation is 1. The van der Waals surface area contributed by atoms with Crippen molar-refractivity contribution in [1.29, 1.82) is 0 Å². The van der Waals surface area contributed by atoms with Crippen molar-refractivity contribution in [2.24, 2.45) is 0 Å². The molecule has 0 N–H and O–H groups in total. The molecule has 0 bridgehead atoms. The fourth-order valence-electron chi connectivity index (χ4n) is 2.24. The minimum absolute atomic E-state index is 0.178. The SMILES string of the molecule is CO[n+]1ccc(C=Cc2ccc(C=O)cc2)cc1.Cc1ccc(S(=O)(=O)[O-])cc1. The molecule has 3 aromatic rings. The van der Waals surface area contributed by atoms with Gasteiger partial charge in [0, 0.05) is 22.4 Å². The number of aromatic nitrogens is 1. The Hall–Kier alpha value is -3.29. The lowest BCUT2D eigenvalue weighted by atomic mass is 10.1. The fourth-order valence-corrected chi connectivity index (χ4v) is 2.71. The van der Waals surface area contributed by atoms with Crippen molar-refractivity contribution in [3.05, 3.63) is 95.3 Å². The monoisotopic (exact) mass is 411 g/mol. The molecular formula is C22H21NO5S. The van der Waals surface area contributed by atoms with Crippen LogP contribution in [0.2, 0.25) is 0 Å². The molecule has 0 aliphatic rings. The topological polar surface area (TPSA) is 87.4 Å². The smallest absolute Gasteiger partial charge is 0.223 e. The van der Waals surface area contributed by atoms with Crippen LogP contribution in [0.25, 0.3) is 12.2 Å². The van der Waals surface area contributed by atoms with E-state index in [0.29, 0.717) is 5.56 Å². The number of benzene rings is 2. The molecule has 6 nitrogen and oxygen atoms in total. The maximum atomic E-state index is 10.5. The van der Waals surface area contributed by atoms with E-state index in [4.69, 9.17) is 4.84 Å². The van der Waals surface area contributed by atoms with E-state index in [0.717, 1.165) is 23.0 Å². The molecular weight excluding hydrogens is 390 g/mol. The third kappa shape index (κ3) is 7.33. The fraction of sp³-hybridized carbons (Fsp3) is 0.0909. The van der Waals surface area contributed by atoms with Crippen LogP contribution in [0.15, 0.2) is 78.0 Å². The summed E-state index contributed by atoms with van der Waals surface area (Å²) in [6.45, 7) is 1.82. The van der Waals surface area contributed by atoms with E-state index in [1.807, 2.05) is 55.7 Å². The van der Waals surface area contributed by atoms with Gasteiger partial charge in [-0.3, -0.25) is 9.63 Å². The van der Waals surface area contributed by atoms with Crippen molar-refractivity contribution >= 4 is 28.6 Å². The van der Waals surface area contributed by atoms with Gasteiger partial charge in [0.1, 0.15) is 23.5 Å². The van der Waals surface area contributed by atoms with E-state index in [1.54, 1.807) is 36.1 Å². The molecule has 0 saturated heterocycles. The third-order valence-corrected chi connectivity index (χ3v) is 4.74. The van der Waals surface area contributed by atoms with E-state index in [9.17, 15) is 17.8 Å². The van der Waals surface area contributed by atoms with Gasteiger partial charge in [0.15, 0.2) is 0 Å². The third-order valence-electron chi connectivity index (χ3n) is 3.89. The first kappa shape index (κ1) is 22.0. The van der Waals surface area contributed by atoms with E-state index in [2.05, 4.69) is 0 Å². The molecule has 1 aromatic heterocycles. The van der Waals surface area contributed by atoms with E-state index >= 15 is 0 Å². The van der Waals surface area contributed by atoms with Gasteiger partial charge in [-0.25, -0.2) is 8.42 Å². The van der Waals surface area contributed by atoms with Crippen LogP contribution >= 0.6 is 0 Å². The van der Waals surface area contributed by atoms with Gasteiger partial charge in [0.25, 0.3) is 0 Å². The van der Waals surface area contributed by atoms with Gasteiger partial charge in [-0.15, -0.1) is 0 Å². The number of aldehydes is 1. The van der Waals surface area contributed by atoms with Crippen LogP contribution in [-0.4, -0.2) is 26.4 Å². The Morgan fingerprint density at radius 2 is 1.31 bits per heavy atom. The second-order valence-electron chi connectivity index (χ2n) is 6.06. The summed E-state index contributed by atoms with van der Waals surface area (Å²) < 4.78 is 32.8. The number of nitrogens with zero attached hydrogens (tertiary/aromatic N) is 1. The van der Waals surface area contributed by atoms with Gasteiger partial charge in [-0.05, 0) is 30.2 Å². The Labute approximate surface area is 170 Å². The average molecular weight is 411 g/mol. The summed E-state index contributed by atoms with van der Waals surface area (Å²) in [6, 6.07) is 17.1. The molecule has 29 heavy (non-hydrogen) atoms.